The normalized spacial score (nSPS) is 19.2. The predicted octanol–water partition coefficient (Wildman–Crippen LogP) is 4.57. The molecule has 1 saturated heterocycles. The minimum absolute atomic E-state index is 0.181. The second-order valence-electron chi connectivity index (χ2n) is 6.45. The Morgan fingerprint density at radius 2 is 1.89 bits per heavy atom. The molecule has 0 aliphatic carbocycles. The van der Waals surface area contributed by atoms with E-state index in [4.69, 9.17) is 0 Å². The molecule has 1 amide bonds. The van der Waals surface area contributed by atoms with Crippen molar-refractivity contribution in [3.05, 3.63) is 70.8 Å². The molecule has 0 saturated carbocycles. The summed E-state index contributed by atoms with van der Waals surface area (Å²) in [7, 11) is 0. The SMILES string of the molecule is C/C(=N\N=C1\NC(=O)[C@@H](Cc2cccc(C(F)(F)F)c2)S1)c1ccc(C)cc1. The molecule has 28 heavy (non-hydrogen) atoms. The highest BCUT2D eigenvalue weighted by Crippen LogP contribution is 2.31. The van der Waals surface area contributed by atoms with Gasteiger partial charge in [0.15, 0.2) is 5.17 Å². The third-order valence-corrected chi connectivity index (χ3v) is 5.28. The lowest BCUT2D eigenvalue weighted by Crippen LogP contribution is -2.26. The fourth-order valence-corrected chi connectivity index (χ4v) is 3.61. The van der Waals surface area contributed by atoms with Gasteiger partial charge in [0, 0.05) is 0 Å². The summed E-state index contributed by atoms with van der Waals surface area (Å²) >= 11 is 1.17. The molecule has 8 heteroatoms. The molecule has 0 bridgehead atoms. The molecule has 0 spiro atoms. The van der Waals surface area contributed by atoms with Crippen LogP contribution in [0.3, 0.4) is 0 Å². The molecular formula is C20H18F3N3OS. The first kappa shape index (κ1) is 20.1. The summed E-state index contributed by atoms with van der Waals surface area (Å²) < 4.78 is 38.5. The number of rotatable bonds is 4. The number of aryl methyl sites for hydroxylation is 1. The minimum atomic E-state index is -4.41. The van der Waals surface area contributed by atoms with Crippen molar-refractivity contribution in [2.75, 3.05) is 0 Å². The van der Waals surface area contributed by atoms with Crippen molar-refractivity contribution in [2.24, 2.45) is 10.2 Å². The molecule has 4 nitrogen and oxygen atoms in total. The highest BCUT2D eigenvalue weighted by atomic mass is 32.2. The van der Waals surface area contributed by atoms with Crippen LogP contribution in [0.25, 0.3) is 0 Å². The molecular weight excluding hydrogens is 387 g/mol. The van der Waals surface area contributed by atoms with E-state index in [2.05, 4.69) is 15.5 Å². The average molecular weight is 405 g/mol. The van der Waals surface area contributed by atoms with Gasteiger partial charge in [-0.25, -0.2) is 0 Å². The number of thioether (sulfide) groups is 1. The molecule has 2 aromatic carbocycles. The van der Waals surface area contributed by atoms with E-state index >= 15 is 0 Å². The van der Waals surface area contributed by atoms with E-state index in [-0.39, 0.29) is 12.3 Å². The lowest BCUT2D eigenvalue weighted by atomic mass is 10.1. The van der Waals surface area contributed by atoms with Crippen molar-refractivity contribution >= 4 is 28.5 Å². The van der Waals surface area contributed by atoms with Gasteiger partial charge in [-0.2, -0.15) is 18.3 Å². The molecule has 1 N–H and O–H groups in total. The molecule has 1 fully saturated rings. The smallest absolute Gasteiger partial charge is 0.303 e. The van der Waals surface area contributed by atoms with Gasteiger partial charge in [-0.3, -0.25) is 4.79 Å². The zero-order valence-corrected chi connectivity index (χ0v) is 16.1. The minimum Gasteiger partial charge on any atom is -0.303 e. The number of nitrogens with one attached hydrogen (secondary N) is 1. The summed E-state index contributed by atoms with van der Waals surface area (Å²) in [5.74, 6) is -0.288. The van der Waals surface area contributed by atoms with Crippen LogP contribution in [-0.2, 0) is 17.4 Å². The van der Waals surface area contributed by atoms with Crippen LogP contribution in [0, 0.1) is 6.92 Å². The monoisotopic (exact) mass is 405 g/mol. The van der Waals surface area contributed by atoms with Gasteiger partial charge in [0.05, 0.1) is 16.5 Å². The Labute approximate surface area is 164 Å². The first-order chi connectivity index (χ1) is 13.2. The first-order valence-electron chi connectivity index (χ1n) is 8.55. The highest BCUT2D eigenvalue weighted by molar-refractivity contribution is 8.15. The van der Waals surface area contributed by atoms with E-state index in [1.54, 1.807) is 6.07 Å². The van der Waals surface area contributed by atoms with Gasteiger partial charge < -0.3 is 5.32 Å². The second kappa shape index (κ2) is 8.18. The Balaban J connectivity index is 1.69. The molecule has 2 aromatic rings. The molecule has 0 unspecified atom stereocenters. The van der Waals surface area contributed by atoms with Crippen LogP contribution in [0.1, 0.15) is 29.2 Å². The summed E-state index contributed by atoms with van der Waals surface area (Å²) in [6.45, 7) is 3.81. The van der Waals surface area contributed by atoms with Gasteiger partial charge in [0.1, 0.15) is 0 Å². The number of benzene rings is 2. The van der Waals surface area contributed by atoms with E-state index in [9.17, 15) is 18.0 Å². The summed E-state index contributed by atoms with van der Waals surface area (Å²) in [6, 6.07) is 12.8. The summed E-state index contributed by atoms with van der Waals surface area (Å²) in [5, 5.41) is 10.7. The summed E-state index contributed by atoms with van der Waals surface area (Å²) in [5.41, 5.74) is 2.48. The predicted molar refractivity (Wildman–Crippen MR) is 105 cm³/mol. The van der Waals surface area contributed by atoms with Gasteiger partial charge in [-0.15, -0.1) is 5.10 Å². The molecule has 1 heterocycles. The van der Waals surface area contributed by atoms with E-state index < -0.39 is 17.0 Å². The van der Waals surface area contributed by atoms with E-state index in [0.29, 0.717) is 16.4 Å². The standard InChI is InChI=1S/C20H18F3N3OS/c1-12-6-8-15(9-7-12)13(2)25-26-19-24-18(27)17(28-19)11-14-4-3-5-16(10-14)20(21,22)23/h3-10,17H,11H2,1-2H3,(H,24,26,27)/b25-13+/t17-/m1/s1. The van der Waals surface area contributed by atoms with Crippen molar-refractivity contribution in [3.63, 3.8) is 0 Å². The van der Waals surface area contributed by atoms with Crippen LogP contribution in [0.4, 0.5) is 13.2 Å². The largest absolute Gasteiger partial charge is 0.416 e. The molecule has 1 atom stereocenters. The average Bonchev–Trinajstić information content (AvgIpc) is 2.99. The van der Waals surface area contributed by atoms with Gasteiger partial charge in [-0.1, -0.05) is 59.8 Å². The quantitative estimate of drug-likeness (QED) is 0.599. The van der Waals surface area contributed by atoms with Crippen LogP contribution >= 0.6 is 11.8 Å². The van der Waals surface area contributed by atoms with E-state index in [1.807, 2.05) is 38.1 Å². The first-order valence-corrected chi connectivity index (χ1v) is 9.43. The van der Waals surface area contributed by atoms with Gasteiger partial charge in [0.25, 0.3) is 0 Å². The van der Waals surface area contributed by atoms with Crippen LogP contribution in [0.5, 0.6) is 0 Å². The lowest BCUT2D eigenvalue weighted by Gasteiger charge is -2.10. The summed E-state index contributed by atoms with van der Waals surface area (Å²) in [6.07, 6.45) is -4.23. The Bertz CT molecular complexity index is 936. The maximum atomic E-state index is 12.8. The fourth-order valence-electron chi connectivity index (χ4n) is 2.65. The Kier molecular flexibility index (Phi) is 5.88. The van der Waals surface area contributed by atoms with Crippen LogP contribution in [-0.4, -0.2) is 22.0 Å². The number of nitrogens with zero attached hydrogens (tertiary/aromatic N) is 2. The van der Waals surface area contributed by atoms with E-state index in [1.165, 1.54) is 17.8 Å². The van der Waals surface area contributed by atoms with Crippen LogP contribution < -0.4 is 5.32 Å². The van der Waals surface area contributed by atoms with Gasteiger partial charge in [0.2, 0.25) is 5.91 Å². The van der Waals surface area contributed by atoms with Crippen LogP contribution in [0.15, 0.2) is 58.7 Å². The maximum Gasteiger partial charge on any atom is 0.416 e. The molecule has 0 aromatic heterocycles. The molecule has 1 aliphatic heterocycles. The number of amidine groups is 1. The third-order valence-electron chi connectivity index (χ3n) is 4.21. The molecule has 146 valence electrons. The van der Waals surface area contributed by atoms with Crippen LogP contribution in [0.2, 0.25) is 0 Å². The molecule has 0 radical (unpaired) electrons. The summed E-state index contributed by atoms with van der Waals surface area (Å²) in [4.78, 5) is 12.1. The Morgan fingerprint density at radius 3 is 2.57 bits per heavy atom. The molecule has 1 aliphatic rings. The zero-order chi connectivity index (χ0) is 20.3. The third kappa shape index (κ3) is 5.01. The van der Waals surface area contributed by atoms with Crippen molar-refractivity contribution < 1.29 is 18.0 Å². The fraction of sp³-hybridized carbons (Fsp3) is 0.250. The van der Waals surface area contributed by atoms with Crippen molar-refractivity contribution in [3.8, 4) is 0 Å². The number of hydrogen-bond donors (Lipinski definition) is 1. The maximum absolute atomic E-state index is 12.8. The zero-order valence-electron chi connectivity index (χ0n) is 15.2. The van der Waals surface area contributed by atoms with Gasteiger partial charge in [-0.05, 0) is 37.5 Å². The Morgan fingerprint density at radius 1 is 1.18 bits per heavy atom. The molecule has 3 rings (SSSR count). The van der Waals surface area contributed by atoms with Crippen molar-refractivity contribution in [1.82, 2.24) is 5.32 Å². The highest BCUT2D eigenvalue weighted by Gasteiger charge is 2.33. The van der Waals surface area contributed by atoms with Gasteiger partial charge >= 0.3 is 6.18 Å². The lowest BCUT2D eigenvalue weighted by molar-refractivity contribution is -0.137. The number of halogens is 3. The number of alkyl halides is 3. The number of carbonyl (C=O) groups is 1. The van der Waals surface area contributed by atoms with Crippen molar-refractivity contribution in [2.45, 2.75) is 31.7 Å². The number of amides is 1. The number of carbonyl (C=O) groups excluding carboxylic acids is 1. The number of hydrogen-bond acceptors (Lipinski definition) is 4. The van der Waals surface area contributed by atoms with Crippen molar-refractivity contribution in [1.29, 1.82) is 0 Å². The Hall–Kier alpha value is -2.61. The second-order valence-corrected chi connectivity index (χ2v) is 7.65. The van der Waals surface area contributed by atoms with E-state index in [0.717, 1.165) is 23.3 Å². The topological polar surface area (TPSA) is 53.8 Å².